The Labute approximate surface area is 272 Å². The Morgan fingerprint density at radius 3 is 1.91 bits per heavy atom. The van der Waals surface area contributed by atoms with Crippen molar-refractivity contribution in [2.75, 3.05) is 4.90 Å². The van der Waals surface area contributed by atoms with E-state index >= 15 is 0 Å². The van der Waals surface area contributed by atoms with E-state index in [4.69, 9.17) is 0 Å². The first-order chi connectivity index (χ1) is 22.8. The third-order valence-electron chi connectivity index (χ3n) is 9.04. The molecule has 0 spiro atoms. The molecular formula is C44H29NS. The molecule has 216 valence electrons. The van der Waals surface area contributed by atoms with Crippen molar-refractivity contribution in [1.82, 2.24) is 0 Å². The van der Waals surface area contributed by atoms with Crippen molar-refractivity contribution < 1.29 is 0 Å². The molecule has 9 rings (SSSR count). The first-order valence-corrected chi connectivity index (χ1v) is 16.5. The van der Waals surface area contributed by atoms with E-state index in [1.54, 1.807) is 0 Å². The van der Waals surface area contributed by atoms with Crippen molar-refractivity contribution in [1.29, 1.82) is 0 Å². The third kappa shape index (κ3) is 4.38. The quantitative estimate of drug-likeness (QED) is 0.189. The predicted molar refractivity (Wildman–Crippen MR) is 200 cm³/mol. The van der Waals surface area contributed by atoms with E-state index in [2.05, 4.69) is 181 Å². The molecule has 46 heavy (non-hydrogen) atoms. The summed E-state index contributed by atoms with van der Waals surface area (Å²) in [4.78, 5) is 2.51. The van der Waals surface area contributed by atoms with Crippen LogP contribution in [0.25, 0.3) is 64.0 Å². The summed E-state index contributed by atoms with van der Waals surface area (Å²) in [5, 5.41) is 7.53. The van der Waals surface area contributed by atoms with Crippen molar-refractivity contribution in [3.8, 4) is 22.3 Å². The Bertz CT molecular complexity index is 2540. The fourth-order valence-corrected chi connectivity index (χ4v) is 8.13. The van der Waals surface area contributed by atoms with Crippen LogP contribution in [0, 0.1) is 0 Å². The smallest absolute Gasteiger partial charge is 0.0640 e. The number of nitrogens with zero attached hydrogens (tertiary/aromatic N) is 1. The summed E-state index contributed by atoms with van der Waals surface area (Å²) in [5.41, 5.74) is 8.30. The van der Waals surface area contributed by atoms with Gasteiger partial charge in [-0.15, -0.1) is 11.3 Å². The number of hydrogen-bond acceptors (Lipinski definition) is 2. The Hall–Kier alpha value is -5.70. The second-order valence-electron chi connectivity index (χ2n) is 11.7. The van der Waals surface area contributed by atoms with Crippen LogP contribution in [0.4, 0.5) is 17.1 Å². The molecule has 0 atom stereocenters. The fraction of sp³-hybridized carbons (Fsp3) is 0. The minimum absolute atomic E-state index is 1.15. The highest BCUT2D eigenvalue weighted by Crippen LogP contribution is 2.50. The van der Waals surface area contributed by atoms with Gasteiger partial charge in [0.25, 0.3) is 0 Å². The van der Waals surface area contributed by atoms with Gasteiger partial charge in [0.2, 0.25) is 0 Å². The summed E-state index contributed by atoms with van der Waals surface area (Å²) >= 11 is 1.87. The number of benzene rings is 8. The van der Waals surface area contributed by atoms with Gasteiger partial charge in [0.1, 0.15) is 0 Å². The van der Waals surface area contributed by atoms with Gasteiger partial charge in [-0.2, -0.15) is 0 Å². The summed E-state index contributed by atoms with van der Waals surface area (Å²) in [6.45, 7) is 0. The SMILES string of the molecule is c1ccc(-c2ccccc2N(c2ccc3ccccc3c2-c2ccc3ccccc3c2)c2cccc3c2sc2ccccc23)cc1. The topological polar surface area (TPSA) is 3.24 Å². The van der Waals surface area contributed by atoms with Crippen molar-refractivity contribution in [2.45, 2.75) is 0 Å². The molecule has 0 bridgehead atoms. The molecule has 8 aromatic carbocycles. The lowest BCUT2D eigenvalue weighted by molar-refractivity contribution is 1.31. The van der Waals surface area contributed by atoms with E-state index < -0.39 is 0 Å². The average molecular weight is 604 g/mol. The van der Waals surface area contributed by atoms with Crippen molar-refractivity contribution in [2.24, 2.45) is 0 Å². The lowest BCUT2D eigenvalue weighted by Crippen LogP contribution is -2.13. The van der Waals surface area contributed by atoms with E-state index in [0.29, 0.717) is 0 Å². The highest BCUT2D eigenvalue weighted by Gasteiger charge is 2.24. The van der Waals surface area contributed by atoms with Gasteiger partial charge >= 0.3 is 0 Å². The molecule has 9 aromatic rings. The molecule has 1 aromatic heterocycles. The zero-order chi connectivity index (χ0) is 30.5. The molecule has 0 radical (unpaired) electrons. The maximum atomic E-state index is 2.51. The van der Waals surface area contributed by atoms with Crippen LogP contribution in [-0.2, 0) is 0 Å². The van der Waals surface area contributed by atoms with Gasteiger partial charge in [-0.1, -0.05) is 146 Å². The third-order valence-corrected chi connectivity index (χ3v) is 10.2. The summed E-state index contributed by atoms with van der Waals surface area (Å²) in [7, 11) is 0. The molecule has 0 aliphatic heterocycles. The second-order valence-corrected chi connectivity index (χ2v) is 12.8. The molecule has 0 aliphatic rings. The maximum Gasteiger partial charge on any atom is 0.0640 e. The zero-order valence-electron chi connectivity index (χ0n) is 25.1. The number of hydrogen-bond donors (Lipinski definition) is 0. The summed E-state index contributed by atoms with van der Waals surface area (Å²) in [6, 6.07) is 64.0. The van der Waals surface area contributed by atoms with Crippen LogP contribution in [0.15, 0.2) is 176 Å². The summed E-state index contributed by atoms with van der Waals surface area (Å²) < 4.78 is 2.58. The molecule has 0 unspecified atom stereocenters. The molecule has 1 heterocycles. The molecule has 2 heteroatoms. The van der Waals surface area contributed by atoms with Gasteiger partial charge in [0.05, 0.1) is 21.8 Å². The van der Waals surface area contributed by atoms with Crippen LogP contribution in [0.1, 0.15) is 0 Å². The van der Waals surface area contributed by atoms with E-state index in [-0.39, 0.29) is 0 Å². The van der Waals surface area contributed by atoms with Gasteiger partial charge in [0, 0.05) is 26.6 Å². The zero-order valence-corrected chi connectivity index (χ0v) is 25.9. The van der Waals surface area contributed by atoms with E-state index in [1.807, 2.05) is 11.3 Å². The highest BCUT2D eigenvalue weighted by atomic mass is 32.1. The standard InChI is InChI=1S/C44H29NS/c1-2-14-31(15-3-1)35-18-8-10-22-39(35)45(41-23-12-21-38-37-20-9-11-24-42(37)46-44(38)41)40-28-27-32-16-6-7-19-36(32)43(40)34-26-25-30-13-4-5-17-33(30)29-34/h1-29H. The summed E-state index contributed by atoms with van der Waals surface area (Å²) in [5.74, 6) is 0. The van der Waals surface area contributed by atoms with Crippen molar-refractivity contribution in [3.05, 3.63) is 176 Å². The molecule has 0 N–H and O–H groups in total. The Kier molecular flexibility index (Phi) is 6.40. The van der Waals surface area contributed by atoms with E-state index in [0.717, 1.165) is 11.4 Å². The Morgan fingerprint density at radius 2 is 1.02 bits per heavy atom. The van der Waals surface area contributed by atoms with Crippen LogP contribution >= 0.6 is 11.3 Å². The second kappa shape index (κ2) is 11.0. The van der Waals surface area contributed by atoms with Gasteiger partial charge in [-0.05, 0) is 63.0 Å². The van der Waals surface area contributed by atoms with Gasteiger partial charge < -0.3 is 4.90 Å². The normalized spacial score (nSPS) is 11.5. The van der Waals surface area contributed by atoms with Crippen LogP contribution in [0.5, 0.6) is 0 Å². The fourth-order valence-electron chi connectivity index (χ4n) is 6.92. The van der Waals surface area contributed by atoms with Gasteiger partial charge in [0.15, 0.2) is 0 Å². The monoisotopic (exact) mass is 603 g/mol. The molecule has 0 amide bonds. The number of para-hydroxylation sites is 1. The largest absolute Gasteiger partial charge is 0.308 e. The number of anilines is 3. The minimum Gasteiger partial charge on any atom is -0.308 e. The predicted octanol–water partition coefficient (Wildman–Crippen LogP) is 13.2. The van der Waals surface area contributed by atoms with Crippen LogP contribution < -0.4 is 4.90 Å². The lowest BCUT2D eigenvalue weighted by Gasteiger charge is -2.31. The lowest BCUT2D eigenvalue weighted by atomic mass is 9.93. The molecule has 0 saturated heterocycles. The van der Waals surface area contributed by atoms with Gasteiger partial charge in [-0.25, -0.2) is 0 Å². The average Bonchev–Trinajstić information content (AvgIpc) is 3.51. The molecule has 1 nitrogen and oxygen atoms in total. The van der Waals surface area contributed by atoms with Crippen LogP contribution in [0.3, 0.4) is 0 Å². The number of thiophene rings is 1. The maximum absolute atomic E-state index is 2.51. The molecular weight excluding hydrogens is 575 g/mol. The first-order valence-electron chi connectivity index (χ1n) is 15.7. The van der Waals surface area contributed by atoms with E-state index in [9.17, 15) is 0 Å². The molecule has 0 aliphatic carbocycles. The van der Waals surface area contributed by atoms with Crippen molar-refractivity contribution in [3.63, 3.8) is 0 Å². The first kappa shape index (κ1) is 26.7. The van der Waals surface area contributed by atoms with Crippen LogP contribution in [0.2, 0.25) is 0 Å². The van der Waals surface area contributed by atoms with Crippen LogP contribution in [-0.4, -0.2) is 0 Å². The summed E-state index contributed by atoms with van der Waals surface area (Å²) in [6.07, 6.45) is 0. The Balaban J connectivity index is 1.41. The minimum atomic E-state index is 1.15. The Morgan fingerprint density at radius 1 is 0.370 bits per heavy atom. The number of rotatable bonds is 5. The van der Waals surface area contributed by atoms with Gasteiger partial charge in [-0.3, -0.25) is 0 Å². The molecule has 0 saturated carbocycles. The molecule has 0 fully saturated rings. The van der Waals surface area contributed by atoms with Crippen molar-refractivity contribution >= 4 is 70.1 Å². The van der Waals surface area contributed by atoms with E-state index in [1.165, 1.54) is 69.7 Å². The highest BCUT2D eigenvalue weighted by molar-refractivity contribution is 7.26. The number of fused-ring (bicyclic) bond motifs is 5.